The lowest BCUT2D eigenvalue weighted by Crippen LogP contribution is -2.20. The van der Waals surface area contributed by atoms with Gasteiger partial charge in [0.25, 0.3) is 0 Å². The lowest BCUT2D eigenvalue weighted by atomic mass is 9.94. The Morgan fingerprint density at radius 3 is 2.94 bits per heavy atom. The Bertz CT molecular complexity index is 351. The number of aryl methyl sites for hydroxylation is 1. The van der Waals surface area contributed by atoms with Crippen LogP contribution in [-0.4, -0.2) is 21.0 Å². The van der Waals surface area contributed by atoms with Crippen LogP contribution in [0.2, 0.25) is 0 Å². The summed E-state index contributed by atoms with van der Waals surface area (Å²) in [6, 6.07) is 0. The maximum atomic E-state index is 10.2. The van der Waals surface area contributed by atoms with Crippen LogP contribution in [0.15, 0.2) is 10.7 Å². The van der Waals surface area contributed by atoms with Gasteiger partial charge in [-0.3, -0.25) is 4.68 Å². The molecule has 0 radical (unpaired) electrons. The quantitative estimate of drug-likeness (QED) is 0.849. The average Bonchev–Trinajstić information content (AvgIpc) is 2.51. The van der Waals surface area contributed by atoms with Gasteiger partial charge in [-0.15, -0.1) is 0 Å². The van der Waals surface area contributed by atoms with Crippen molar-refractivity contribution in [2.45, 2.75) is 57.6 Å². The van der Waals surface area contributed by atoms with Crippen molar-refractivity contribution in [3.8, 4) is 0 Å². The molecule has 0 amide bonds. The lowest BCUT2D eigenvalue weighted by Gasteiger charge is -2.21. The van der Waals surface area contributed by atoms with E-state index in [1.165, 1.54) is 18.5 Å². The van der Waals surface area contributed by atoms with E-state index < -0.39 is 0 Å². The highest BCUT2D eigenvalue weighted by atomic mass is 79.9. The standard InChI is InChI=1S/C12H19BrN2O/c1-2-15-12(10(13)8-14-15)9-6-4-3-5-7-11(9)16/h8-9,11,16H,2-7H2,1H3. The van der Waals surface area contributed by atoms with E-state index in [1.807, 2.05) is 10.9 Å². The normalized spacial score (nSPS) is 26.7. The molecule has 0 aliphatic heterocycles. The highest BCUT2D eigenvalue weighted by Gasteiger charge is 2.27. The number of aromatic nitrogens is 2. The summed E-state index contributed by atoms with van der Waals surface area (Å²) in [5, 5.41) is 14.5. The Labute approximate surface area is 105 Å². The third kappa shape index (κ3) is 2.33. The van der Waals surface area contributed by atoms with Gasteiger partial charge >= 0.3 is 0 Å². The van der Waals surface area contributed by atoms with Gasteiger partial charge < -0.3 is 5.11 Å². The molecule has 0 aromatic carbocycles. The zero-order valence-corrected chi connectivity index (χ0v) is 11.3. The van der Waals surface area contributed by atoms with E-state index in [4.69, 9.17) is 0 Å². The fourth-order valence-electron chi connectivity index (χ4n) is 2.60. The number of hydrogen-bond acceptors (Lipinski definition) is 2. The van der Waals surface area contributed by atoms with Gasteiger partial charge in [0.1, 0.15) is 0 Å². The van der Waals surface area contributed by atoms with Crippen LogP contribution >= 0.6 is 15.9 Å². The summed E-state index contributed by atoms with van der Waals surface area (Å²) >= 11 is 3.55. The zero-order chi connectivity index (χ0) is 11.5. The molecular weight excluding hydrogens is 268 g/mol. The van der Waals surface area contributed by atoms with Crippen molar-refractivity contribution in [2.75, 3.05) is 0 Å². The van der Waals surface area contributed by atoms with Gasteiger partial charge in [0.15, 0.2) is 0 Å². The SMILES string of the molecule is CCn1ncc(Br)c1C1CCCCCC1O. The number of aliphatic hydroxyl groups is 1. The lowest BCUT2D eigenvalue weighted by molar-refractivity contribution is 0.131. The van der Waals surface area contributed by atoms with Gasteiger partial charge in [0.2, 0.25) is 0 Å². The van der Waals surface area contributed by atoms with Crippen LogP contribution in [0.4, 0.5) is 0 Å². The number of nitrogens with zero attached hydrogens (tertiary/aromatic N) is 2. The van der Waals surface area contributed by atoms with Crippen molar-refractivity contribution in [3.05, 3.63) is 16.4 Å². The van der Waals surface area contributed by atoms with Crippen LogP contribution in [-0.2, 0) is 6.54 Å². The molecule has 1 fully saturated rings. The molecule has 0 saturated heterocycles. The molecule has 1 N–H and O–H groups in total. The Kier molecular flexibility index (Phi) is 4.03. The zero-order valence-electron chi connectivity index (χ0n) is 9.69. The van der Waals surface area contributed by atoms with Gasteiger partial charge in [-0.1, -0.05) is 19.3 Å². The third-order valence-electron chi connectivity index (χ3n) is 3.46. The van der Waals surface area contributed by atoms with Gasteiger partial charge in [-0.25, -0.2) is 0 Å². The summed E-state index contributed by atoms with van der Waals surface area (Å²) in [6.07, 6.45) is 7.23. The summed E-state index contributed by atoms with van der Waals surface area (Å²) in [7, 11) is 0. The molecular formula is C12H19BrN2O. The molecule has 1 aliphatic carbocycles. The number of aliphatic hydroxyl groups excluding tert-OH is 1. The van der Waals surface area contributed by atoms with Crippen molar-refractivity contribution in [2.24, 2.45) is 0 Å². The molecule has 1 aliphatic rings. The molecule has 2 atom stereocenters. The Hall–Kier alpha value is -0.350. The van der Waals surface area contributed by atoms with Gasteiger partial charge in [-0.2, -0.15) is 5.10 Å². The number of halogens is 1. The van der Waals surface area contributed by atoms with Gasteiger partial charge in [0.05, 0.1) is 22.5 Å². The minimum atomic E-state index is -0.208. The second kappa shape index (κ2) is 5.32. The molecule has 0 bridgehead atoms. The summed E-state index contributed by atoms with van der Waals surface area (Å²) < 4.78 is 3.05. The fraction of sp³-hybridized carbons (Fsp3) is 0.750. The smallest absolute Gasteiger partial charge is 0.0635 e. The van der Waals surface area contributed by atoms with Crippen LogP contribution in [0.3, 0.4) is 0 Å². The first-order valence-electron chi connectivity index (χ1n) is 6.13. The highest BCUT2D eigenvalue weighted by molar-refractivity contribution is 9.10. The Morgan fingerprint density at radius 2 is 2.19 bits per heavy atom. The third-order valence-corrected chi connectivity index (χ3v) is 4.07. The van der Waals surface area contributed by atoms with Crippen LogP contribution in [0.25, 0.3) is 0 Å². The van der Waals surface area contributed by atoms with Crippen LogP contribution in [0, 0.1) is 0 Å². The van der Waals surface area contributed by atoms with Crippen molar-refractivity contribution in [3.63, 3.8) is 0 Å². The predicted molar refractivity (Wildman–Crippen MR) is 67.4 cm³/mol. The Morgan fingerprint density at radius 1 is 1.44 bits per heavy atom. The van der Waals surface area contributed by atoms with E-state index in [9.17, 15) is 5.11 Å². The van der Waals surface area contributed by atoms with Crippen molar-refractivity contribution < 1.29 is 5.11 Å². The van der Waals surface area contributed by atoms with E-state index in [0.717, 1.165) is 30.3 Å². The summed E-state index contributed by atoms with van der Waals surface area (Å²) in [5.74, 6) is 0.249. The van der Waals surface area contributed by atoms with E-state index in [1.54, 1.807) is 0 Å². The van der Waals surface area contributed by atoms with Crippen LogP contribution in [0.5, 0.6) is 0 Å². The molecule has 16 heavy (non-hydrogen) atoms. The largest absolute Gasteiger partial charge is 0.392 e. The van der Waals surface area contributed by atoms with E-state index in [0.29, 0.717) is 0 Å². The van der Waals surface area contributed by atoms with Crippen molar-refractivity contribution in [1.82, 2.24) is 9.78 Å². The summed E-state index contributed by atoms with van der Waals surface area (Å²) in [5.41, 5.74) is 1.18. The molecule has 1 aromatic heterocycles. The Balaban J connectivity index is 2.29. The first kappa shape index (κ1) is 12.1. The molecule has 1 heterocycles. The molecule has 4 heteroatoms. The average molecular weight is 287 g/mol. The second-order valence-corrected chi connectivity index (χ2v) is 5.36. The minimum absolute atomic E-state index is 0.208. The molecule has 3 nitrogen and oxygen atoms in total. The predicted octanol–water partition coefficient (Wildman–Crippen LogP) is 3.07. The first-order chi connectivity index (χ1) is 7.74. The van der Waals surface area contributed by atoms with Crippen LogP contribution in [0.1, 0.15) is 50.6 Å². The number of hydrogen-bond donors (Lipinski definition) is 1. The van der Waals surface area contributed by atoms with Crippen molar-refractivity contribution >= 4 is 15.9 Å². The van der Waals surface area contributed by atoms with E-state index in [2.05, 4.69) is 28.0 Å². The molecule has 0 spiro atoms. The topological polar surface area (TPSA) is 38.0 Å². The summed E-state index contributed by atoms with van der Waals surface area (Å²) in [6.45, 7) is 2.95. The molecule has 90 valence electrons. The highest BCUT2D eigenvalue weighted by Crippen LogP contribution is 2.35. The minimum Gasteiger partial charge on any atom is -0.392 e. The van der Waals surface area contributed by atoms with Crippen LogP contribution < -0.4 is 0 Å². The number of rotatable bonds is 2. The maximum absolute atomic E-state index is 10.2. The van der Waals surface area contributed by atoms with Gasteiger partial charge in [0, 0.05) is 12.5 Å². The second-order valence-electron chi connectivity index (χ2n) is 4.51. The maximum Gasteiger partial charge on any atom is 0.0635 e. The van der Waals surface area contributed by atoms with E-state index >= 15 is 0 Å². The monoisotopic (exact) mass is 286 g/mol. The molecule has 2 rings (SSSR count). The van der Waals surface area contributed by atoms with Crippen molar-refractivity contribution in [1.29, 1.82) is 0 Å². The fourth-order valence-corrected chi connectivity index (χ4v) is 3.19. The van der Waals surface area contributed by atoms with Gasteiger partial charge in [-0.05, 0) is 35.7 Å². The summed E-state index contributed by atoms with van der Waals surface area (Å²) in [4.78, 5) is 0. The molecule has 1 saturated carbocycles. The molecule has 1 aromatic rings. The first-order valence-corrected chi connectivity index (χ1v) is 6.92. The van der Waals surface area contributed by atoms with E-state index in [-0.39, 0.29) is 12.0 Å². The molecule has 2 unspecified atom stereocenters.